The van der Waals surface area contributed by atoms with E-state index in [4.69, 9.17) is 10.5 Å². The highest BCUT2D eigenvalue weighted by Crippen LogP contribution is 2.31. The summed E-state index contributed by atoms with van der Waals surface area (Å²) < 4.78 is 5.34. The average molecular weight is 296 g/mol. The van der Waals surface area contributed by atoms with Crippen LogP contribution < -0.4 is 11.1 Å². The minimum Gasteiger partial charge on any atom is -0.384 e. The number of rotatable bonds is 7. The topological polar surface area (TPSA) is 73.1 Å². The van der Waals surface area contributed by atoms with E-state index in [0.717, 1.165) is 11.1 Å². The van der Waals surface area contributed by atoms with Crippen molar-refractivity contribution >= 4 is 23.4 Å². The second kappa shape index (κ2) is 7.69. The lowest BCUT2D eigenvalue weighted by atomic mass is 10.2. The van der Waals surface area contributed by atoms with Gasteiger partial charge in [0.2, 0.25) is 0 Å². The molecule has 112 valence electrons. The normalized spacial score (nSPS) is 22.1. The summed E-state index contributed by atoms with van der Waals surface area (Å²) in [4.78, 5) is 8.66. The first-order valence-corrected chi connectivity index (χ1v) is 8.35. The summed E-state index contributed by atoms with van der Waals surface area (Å²) in [5.41, 5.74) is 5.83. The van der Waals surface area contributed by atoms with Crippen molar-refractivity contribution < 1.29 is 4.74 Å². The molecule has 0 amide bonds. The third-order valence-electron chi connectivity index (χ3n) is 3.37. The Hall–Kier alpha value is -1.01. The predicted molar refractivity (Wildman–Crippen MR) is 85.0 cm³/mol. The molecule has 1 aliphatic carbocycles. The molecule has 0 radical (unpaired) electrons. The Morgan fingerprint density at radius 1 is 1.40 bits per heavy atom. The standard InChI is InChI=1S/C14H24N4OS/c1-3-19-9-14-17-12(15)8-13(18-14)16-10-5-6-11(7-10)20-4-2/h8,10-11H,3-7,9H2,1-2H3,(H3,15,16,17,18). The van der Waals surface area contributed by atoms with Crippen LogP contribution in [0.2, 0.25) is 0 Å². The molecular formula is C14H24N4OS. The summed E-state index contributed by atoms with van der Waals surface area (Å²) in [7, 11) is 0. The van der Waals surface area contributed by atoms with Gasteiger partial charge in [-0.1, -0.05) is 6.92 Å². The highest BCUT2D eigenvalue weighted by molar-refractivity contribution is 7.99. The molecule has 1 aliphatic rings. The van der Waals surface area contributed by atoms with E-state index in [1.54, 1.807) is 6.07 Å². The zero-order valence-electron chi connectivity index (χ0n) is 12.3. The number of aromatic nitrogens is 2. The molecule has 1 saturated carbocycles. The number of hydrogen-bond donors (Lipinski definition) is 2. The Morgan fingerprint density at radius 2 is 2.25 bits per heavy atom. The minimum absolute atomic E-state index is 0.412. The summed E-state index contributed by atoms with van der Waals surface area (Å²) >= 11 is 2.05. The second-order valence-corrected chi connectivity index (χ2v) is 6.54. The number of ether oxygens (including phenoxy) is 1. The molecule has 20 heavy (non-hydrogen) atoms. The van der Waals surface area contributed by atoms with Gasteiger partial charge in [0, 0.05) is 24.0 Å². The van der Waals surface area contributed by atoms with Gasteiger partial charge in [0.05, 0.1) is 0 Å². The number of hydrogen-bond acceptors (Lipinski definition) is 6. The van der Waals surface area contributed by atoms with Crippen LogP contribution in [0.4, 0.5) is 11.6 Å². The number of anilines is 2. The SMILES string of the molecule is CCOCc1nc(N)cc(NC2CCC(SCC)C2)n1. The molecule has 0 bridgehead atoms. The molecule has 3 N–H and O–H groups in total. The van der Waals surface area contributed by atoms with Gasteiger partial charge < -0.3 is 15.8 Å². The van der Waals surface area contributed by atoms with Crippen molar-refractivity contribution in [3.63, 3.8) is 0 Å². The van der Waals surface area contributed by atoms with Crippen LogP contribution in [0.1, 0.15) is 38.9 Å². The van der Waals surface area contributed by atoms with Crippen molar-refractivity contribution in [3.05, 3.63) is 11.9 Å². The first-order chi connectivity index (χ1) is 9.71. The van der Waals surface area contributed by atoms with Crippen molar-refractivity contribution in [3.8, 4) is 0 Å². The fourth-order valence-electron chi connectivity index (χ4n) is 2.52. The Labute approximate surface area is 125 Å². The first-order valence-electron chi connectivity index (χ1n) is 7.30. The Kier molecular flexibility index (Phi) is 5.91. The highest BCUT2D eigenvalue weighted by atomic mass is 32.2. The van der Waals surface area contributed by atoms with E-state index in [0.29, 0.717) is 30.9 Å². The summed E-state index contributed by atoms with van der Waals surface area (Å²) in [5, 5.41) is 4.26. The van der Waals surface area contributed by atoms with E-state index >= 15 is 0 Å². The first kappa shape index (κ1) is 15.4. The molecule has 2 unspecified atom stereocenters. The van der Waals surface area contributed by atoms with Gasteiger partial charge in [-0.05, 0) is 31.9 Å². The van der Waals surface area contributed by atoms with E-state index in [9.17, 15) is 0 Å². The van der Waals surface area contributed by atoms with Crippen LogP contribution in [0.3, 0.4) is 0 Å². The van der Waals surface area contributed by atoms with Gasteiger partial charge in [-0.25, -0.2) is 9.97 Å². The van der Waals surface area contributed by atoms with Crippen molar-refractivity contribution in [2.45, 2.75) is 51.0 Å². The van der Waals surface area contributed by atoms with E-state index < -0.39 is 0 Å². The molecule has 6 heteroatoms. The molecule has 2 rings (SSSR count). The third kappa shape index (κ3) is 4.52. The summed E-state index contributed by atoms with van der Waals surface area (Å²) in [6, 6.07) is 2.30. The van der Waals surface area contributed by atoms with Crippen LogP contribution >= 0.6 is 11.8 Å². The monoisotopic (exact) mass is 296 g/mol. The summed E-state index contributed by atoms with van der Waals surface area (Å²) in [6.07, 6.45) is 3.67. The van der Waals surface area contributed by atoms with Crippen LogP contribution in [0.25, 0.3) is 0 Å². The van der Waals surface area contributed by atoms with Crippen LogP contribution in [0.5, 0.6) is 0 Å². The smallest absolute Gasteiger partial charge is 0.158 e. The second-order valence-electron chi connectivity index (χ2n) is 4.96. The van der Waals surface area contributed by atoms with Gasteiger partial charge in [0.1, 0.15) is 18.2 Å². The molecule has 1 fully saturated rings. The van der Waals surface area contributed by atoms with Gasteiger partial charge in [-0.2, -0.15) is 11.8 Å². The van der Waals surface area contributed by atoms with Crippen LogP contribution in [-0.4, -0.2) is 33.6 Å². The fraction of sp³-hybridized carbons (Fsp3) is 0.714. The lowest BCUT2D eigenvalue weighted by molar-refractivity contribution is 0.128. The molecular weight excluding hydrogens is 272 g/mol. The highest BCUT2D eigenvalue weighted by Gasteiger charge is 2.24. The van der Waals surface area contributed by atoms with Gasteiger partial charge in [0.15, 0.2) is 5.82 Å². The van der Waals surface area contributed by atoms with Crippen molar-refractivity contribution in [1.29, 1.82) is 0 Å². The molecule has 1 aromatic rings. The number of nitrogens with zero attached hydrogens (tertiary/aromatic N) is 2. The average Bonchev–Trinajstić information content (AvgIpc) is 2.83. The number of thioether (sulfide) groups is 1. The van der Waals surface area contributed by atoms with Crippen molar-refractivity contribution in [2.24, 2.45) is 0 Å². The van der Waals surface area contributed by atoms with Gasteiger partial charge in [-0.3, -0.25) is 0 Å². The lowest BCUT2D eigenvalue weighted by Crippen LogP contribution is -2.18. The molecule has 2 atom stereocenters. The zero-order valence-corrected chi connectivity index (χ0v) is 13.1. The van der Waals surface area contributed by atoms with E-state index in [-0.39, 0.29) is 0 Å². The van der Waals surface area contributed by atoms with E-state index in [1.165, 1.54) is 25.0 Å². The van der Waals surface area contributed by atoms with Crippen LogP contribution in [-0.2, 0) is 11.3 Å². The molecule has 0 aromatic carbocycles. The van der Waals surface area contributed by atoms with Gasteiger partial charge >= 0.3 is 0 Å². The number of nitrogen functional groups attached to an aromatic ring is 1. The molecule has 5 nitrogen and oxygen atoms in total. The van der Waals surface area contributed by atoms with Crippen molar-refractivity contribution in [1.82, 2.24) is 9.97 Å². The van der Waals surface area contributed by atoms with Crippen LogP contribution in [0.15, 0.2) is 6.07 Å². The fourth-order valence-corrected chi connectivity index (χ4v) is 3.66. The Bertz CT molecular complexity index is 430. The largest absolute Gasteiger partial charge is 0.384 e. The maximum atomic E-state index is 5.83. The molecule has 0 saturated heterocycles. The van der Waals surface area contributed by atoms with Gasteiger partial charge in [0.25, 0.3) is 0 Å². The minimum atomic E-state index is 0.412. The molecule has 1 aromatic heterocycles. The summed E-state index contributed by atoms with van der Waals surface area (Å²) in [5.74, 6) is 3.15. The summed E-state index contributed by atoms with van der Waals surface area (Å²) in [6.45, 7) is 5.24. The number of nitrogens with two attached hydrogens (primary N) is 1. The molecule has 0 spiro atoms. The zero-order chi connectivity index (χ0) is 14.4. The van der Waals surface area contributed by atoms with Crippen molar-refractivity contribution in [2.75, 3.05) is 23.4 Å². The quantitative estimate of drug-likeness (QED) is 0.806. The van der Waals surface area contributed by atoms with E-state index in [2.05, 4.69) is 34.0 Å². The maximum absolute atomic E-state index is 5.83. The lowest BCUT2D eigenvalue weighted by Gasteiger charge is -2.14. The third-order valence-corrected chi connectivity index (χ3v) is 4.60. The van der Waals surface area contributed by atoms with Crippen LogP contribution in [0, 0.1) is 0 Å². The molecule has 1 heterocycles. The molecule has 0 aliphatic heterocycles. The Morgan fingerprint density at radius 3 is 3.00 bits per heavy atom. The number of nitrogens with one attached hydrogen (secondary N) is 1. The Balaban J connectivity index is 1.93. The maximum Gasteiger partial charge on any atom is 0.158 e. The van der Waals surface area contributed by atoms with E-state index in [1.807, 2.05) is 6.92 Å². The predicted octanol–water partition coefficient (Wildman–Crippen LogP) is 2.68. The van der Waals surface area contributed by atoms with Gasteiger partial charge in [-0.15, -0.1) is 0 Å².